The molecular formula is C12H15N5O3. The Bertz CT molecular complexity index is 643. The molecule has 2 aromatic rings. The zero-order valence-corrected chi connectivity index (χ0v) is 11.2. The lowest BCUT2D eigenvalue weighted by atomic mass is 10.3. The Morgan fingerprint density at radius 2 is 2.20 bits per heavy atom. The van der Waals surface area contributed by atoms with Crippen molar-refractivity contribution in [1.82, 2.24) is 19.6 Å². The summed E-state index contributed by atoms with van der Waals surface area (Å²) in [6.07, 6.45) is 1.53. The number of amides is 1. The van der Waals surface area contributed by atoms with Crippen LogP contribution in [-0.4, -0.2) is 36.5 Å². The van der Waals surface area contributed by atoms with Gasteiger partial charge in [-0.15, -0.1) is 0 Å². The summed E-state index contributed by atoms with van der Waals surface area (Å²) < 4.78 is 2.86. The Labute approximate surface area is 115 Å². The van der Waals surface area contributed by atoms with Crippen molar-refractivity contribution in [3.05, 3.63) is 29.7 Å². The number of aromatic nitrogens is 4. The Balaban J connectivity index is 1.94. The summed E-state index contributed by atoms with van der Waals surface area (Å²) in [5, 5.41) is 19.6. The van der Waals surface area contributed by atoms with Crippen LogP contribution in [-0.2, 0) is 18.4 Å². The van der Waals surface area contributed by atoms with E-state index in [0.717, 1.165) is 5.69 Å². The summed E-state index contributed by atoms with van der Waals surface area (Å²) in [4.78, 5) is 22.7. The lowest BCUT2D eigenvalue weighted by molar-refractivity contribution is -0.116. The van der Waals surface area contributed by atoms with Crippen LogP contribution >= 0.6 is 0 Å². The van der Waals surface area contributed by atoms with Gasteiger partial charge in [-0.1, -0.05) is 0 Å². The van der Waals surface area contributed by atoms with Crippen LogP contribution in [0.15, 0.2) is 18.3 Å². The van der Waals surface area contributed by atoms with E-state index in [-0.39, 0.29) is 24.6 Å². The maximum Gasteiger partial charge on any atom is 0.354 e. The van der Waals surface area contributed by atoms with E-state index >= 15 is 0 Å². The largest absolute Gasteiger partial charge is 0.477 e. The number of carbonyl (C=O) groups excluding carboxylic acids is 1. The Morgan fingerprint density at radius 1 is 1.45 bits per heavy atom. The van der Waals surface area contributed by atoms with E-state index < -0.39 is 5.97 Å². The fourth-order valence-corrected chi connectivity index (χ4v) is 1.83. The number of hydrogen-bond donors (Lipinski definition) is 2. The lowest BCUT2D eigenvalue weighted by Crippen LogP contribution is -2.18. The second kappa shape index (κ2) is 5.55. The van der Waals surface area contributed by atoms with Gasteiger partial charge in [0.25, 0.3) is 0 Å². The highest BCUT2D eigenvalue weighted by atomic mass is 16.4. The standard InChI is InChI=1S/C12H15N5O3/c1-8-7-10(16(2)15-8)14-11(18)4-6-17-9(12(19)20)3-5-13-17/h3,5,7H,4,6H2,1-2H3,(H,14,18)(H,19,20). The molecular weight excluding hydrogens is 262 g/mol. The van der Waals surface area contributed by atoms with Crippen molar-refractivity contribution in [2.75, 3.05) is 5.32 Å². The first kappa shape index (κ1) is 13.8. The zero-order valence-electron chi connectivity index (χ0n) is 11.2. The Morgan fingerprint density at radius 3 is 2.80 bits per heavy atom. The van der Waals surface area contributed by atoms with Gasteiger partial charge >= 0.3 is 5.97 Å². The van der Waals surface area contributed by atoms with Crippen LogP contribution in [0, 0.1) is 6.92 Å². The average Bonchev–Trinajstić information content (AvgIpc) is 2.94. The molecule has 0 atom stereocenters. The number of aryl methyl sites for hydroxylation is 3. The summed E-state index contributed by atoms with van der Waals surface area (Å²) in [6.45, 7) is 2.04. The molecule has 2 heterocycles. The topological polar surface area (TPSA) is 102 Å². The summed E-state index contributed by atoms with van der Waals surface area (Å²) in [6, 6.07) is 3.15. The summed E-state index contributed by atoms with van der Waals surface area (Å²) in [5.74, 6) is -0.684. The molecule has 8 heteroatoms. The molecule has 106 valence electrons. The molecule has 0 fully saturated rings. The number of carboxylic acid groups (broad SMARTS) is 1. The number of carbonyl (C=O) groups is 2. The van der Waals surface area contributed by atoms with Crippen LogP contribution in [0.2, 0.25) is 0 Å². The summed E-state index contributed by atoms with van der Waals surface area (Å²) in [7, 11) is 1.73. The highest BCUT2D eigenvalue weighted by molar-refractivity contribution is 5.90. The molecule has 0 saturated carbocycles. The van der Waals surface area contributed by atoms with E-state index in [9.17, 15) is 9.59 Å². The second-order valence-corrected chi connectivity index (χ2v) is 4.34. The fraction of sp³-hybridized carbons (Fsp3) is 0.333. The maximum atomic E-state index is 11.8. The maximum absolute atomic E-state index is 11.8. The van der Waals surface area contributed by atoms with Gasteiger partial charge in [0, 0.05) is 25.7 Å². The van der Waals surface area contributed by atoms with E-state index in [0.29, 0.717) is 5.82 Å². The molecule has 2 rings (SSSR count). The minimum Gasteiger partial charge on any atom is -0.477 e. The molecule has 2 N–H and O–H groups in total. The highest BCUT2D eigenvalue weighted by Gasteiger charge is 2.12. The van der Waals surface area contributed by atoms with E-state index in [1.54, 1.807) is 17.8 Å². The molecule has 0 bridgehead atoms. The third-order valence-electron chi connectivity index (χ3n) is 2.76. The molecule has 0 saturated heterocycles. The van der Waals surface area contributed by atoms with Crippen LogP contribution in [0.3, 0.4) is 0 Å². The summed E-state index contributed by atoms with van der Waals surface area (Å²) >= 11 is 0. The van der Waals surface area contributed by atoms with Crippen LogP contribution in [0.5, 0.6) is 0 Å². The van der Waals surface area contributed by atoms with Crippen molar-refractivity contribution in [2.45, 2.75) is 19.9 Å². The number of aromatic carboxylic acids is 1. The molecule has 2 aromatic heterocycles. The third kappa shape index (κ3) is 3.02. The number of nitrogens with one attached hydrogen (secondary N) is 1. The fourth-order valence-electron chi connectivity index (χ4n) is 1.83. The van der Waals surface area contributed by atoms with Gasteiger partial charge in [-0.2, -0.15) is 10.2 Å². The second-order valence-electron chi connectivity index (χ2n) is 4.34. The Kier molecular flexibility index (Phi) is 3.83. The third-order valence-corrected chi connectivity index (χ3v) is 2.76. The quantitative estimate of drug-likeness (QED) is 0.835. The highest BCUT2D eigenvalue weighted by Crippen LogP contribution is 2.08. The number of nitrogens with zero attached hydrogens (tertiary/aromatic N) is 4. The van der Waals surface area contributed by atoms with Crippen LogP contribution in [0.4, 0.5) is 5.82 Å². The van der Waals surface area contributed by atoms with Crippen LogP contribution < -0.4 is 5.32 Å². The molecule has 0 aliphatic carbocycles. The van der Waals surface area contributed by atoms with E-state index in [2.05, 4.69) is 15.5 Å². The van der Waals surface area contributed by atoms with Gasteiger partial charge in [0.1, 0.15) is 11.5 Å². The first-order valence-corrected chi connectivity index (χ1v) is 6.03. The number of anilines is 1. The van der Waals surface area contributed by atoms with E-state index in [4.69, 9.17) is 5.11 Å². The first-order chi connectivity index (χ1) is 9.47. The summed E-state index contributed by atoms with van der Waals surface area (Å²) in [5.41, 5.74) is 0.872. The minimum atomic E-state index is -1.06. The molecule has 0 spiro atoms. The van der Waals surface area contributed by atoms with Crippen molar-refractivity contribution < 1.29 is 14.7 Å². The Hall–Kier alpha value is -2.64. The SMILES string of the molecule is Cc1cc(NC(=O)CCn2nccc2C(=O)O)n(C)n1. The van der Waals surface area contributed by atoms with Crippen LogP contribution in [0.25, 0.3) is 0 Å². The lowest BCUT2D eigenvalue weighted by Gasteiger charge is -2.06. The molecule has 20 heavy (non-hydrogen) atoms. The van der Waals surface area contributed by atoms with Crippen molar-refractivity contribution in [1.29, 1.82) is 0 Å². The molecule has 1 amide bonds. The molecule has 8 nitrogen and oxygen atoms in total. The monoisotopic (exact) mass is 277 g/mol. The molecule has 0 aliphatic heterocycles. The van der Waals surface area contributed by atoms with E-state index in [1.807, 2.05) is 6.92 Å². The van der Waals surface area contributed by atoms with Gasteiger partial charge in [0.15, 0.2) is 0 Å². The molecule has 0 unspecified atom stereocenters. The zero-order chi connectivity index (χ0) is 14.7. The molecule has 0 aromatic carbocycles. The van der Waals surface area contributed by atoms with Gasteiger partial charge in [-0.25, -0.2) is 4.79 Å². The van der Waals surface area contributed by atoms with Crippen molar-refractivity contribution in [3.63, 3.8) is 0 Å². The van der Waals surface area contributed by atoms with Crippen molar-refractivity contribution in [3.8, 4) is 0 Å². The predicted molar refractivity (Wildman–Crippen MR) is 70.4 cm³/mol. The molecule has 0 radical (unpaired) electrons. The minimum absolute atomic E-state index is 0.0641. The van der Waals surface area contributed by atoms with E-state index in [1.165, 1.54) is 16.9 Å². The molecule has 0 aliphatic rings. The number of hydrogen-bond acceptors (Lipinski definition) is 4. The van der Waals surface area contributed by atoms with Gasteiger partial charge < -0.3 is 10.4 Å². The number of carboxylic acids is 1. The van der Waals surface area contributed by atoms with Gasteiger partial charge in [0.05, 0.1) is 12.2 Å². The van der Waals surface area contributed by atoms with Gasteiger partial charge in [-0.05, 0) is 13.0 Å². The normalized spacial score (nSPS) is 10.5. The van der Waals surface area contributed by atoms with Gasteiger partial charge in [0.2, 0.25) is 5.91 Å². The van der Waals surface area contributed by atoms with Crippen molar-refractivity contribution in [2.24, 2.45) is 7.05 Å². The smallest absolute Gasteiger partial charge is 0.354 e. The average molecular weight is 277 g/mol. The van der Waals surface area contributed by atoms with Gasteiger partial charge in [-0.3, -0.25) is 14.2 Å². The van der Waals surface area contributed by atoms with Crippen molar-refractivity contribution >= 4 is 17.7 Å². The predicted octanol–water partition coefficient (Wildman–Crippen LogP) is 0.652. The first-order valence-electron chi connectivity index (χ1n) is 6.03. The number of rotatable bonds is 5. The van der Waals surface area contributed by atoms with Crippen LogP contribution in [0.1, 0.15) is 22.6 Å².